The van der Waals surface area contributed by atoms with E-state index in [0.29, 0.717) is 46.5 Å². The Morgan fingerprint density at radius 2 is 1.17 bits per heavy atom. The largest absolute Gasteiger partial charge is 0.493 e. The lowest BCUT2D eigenvalue weighted by Gasteiger charge is -2.15. The maximum absolute atomic E-state index is 12.9. The van der Waals surface area contributed by atoms with Gasteiger partial charge in [-0.25, -0.2) is 0 Å². The molecule has 0 amide bonds. The number of rotatable bonds is 12. The van der Waals surface area contributed by atoms with Gasteiger partial charge in [0.25, 0.3) is 0 Å². The molecule has 0 aromatic heterocycles. The zero-order valence-electron chi connectivity index (χ0n) is 20.1. The molecule has 3 rings (SSSR count). The fourth-order valence-electron chi connectivity index (χ4n) is 3.51. The highest BCUT2D eigenvalue weighted by atomic mass is 127. The third-order valence-electron chi connectivity index (χ3n) is 5.34. The maximum Gasteiger partial charge on any atom is 0.203 e. The summed E-state index contributed by atoms with van der Waals surface area (Å²) in [6.07, 6.45) is 0.0710. The Morgan fingerprint density at radius 1 is 0.686 bits per heavy atom. The lowest BCUT2D eigenvalue weighted by molar-refractivity contribution is 0.0917. The average Bonchev–Trinajstić information content (AvgIpc) is 2.89. The minimum atomic E-state index is -0.206. The highest BCUT2D eigenvalue weighted by Crippen LogP contribution is 2.39. The molecule has 184 valence electrons. The van der Waals surface area contributed by atoms with E-state index in [-0.39, 0.29) is 24.4 Å². The second kappa shape index (κ2) is 12.4. The summed E-state index contributed by atoms with van der Waals surface area (Å²) >= 11 is 2.12. The van der Waals surface area contributed by atoms with E-state index in [9.17, 15) is 9.59 Å². The number of hydrogen-bond acceptors (Lipinski definition) is 7. The number of halogens is 1. The van der Waals surface area contributed by atoms with Crippen LogP contribution in [0.15, 0.2) is 54.6 Å². The summed E-state index contributed by atoms with van der Waals surface area (Å²) in [6, 6.07) is 16.3. The van der Waals surface area contributed by atoms with Gasteiger partial charge in [-0.05, 0) is 52.4 Å². The van der Waals surface area contributed by atoms with Gasteiger partial charge in [0.2, 0.25) is 5.75 Å². The predicted octanol–water partition coefficient (Wildman–Crippen LogP) is 5.75. The minimum absolute atomic E-state index is 0.0304. The Bertz CT molecular complexity index is 1170. The van der Waals surface area contributed by atoms with Crippen LogP contribution in [0.4, 0.5) is 0 Å². The fraction of sp³-hybridized carbons (Fsp3) is 0.259. The van der Waals surface area contributed by atoms with Crippen molar-refractivity contribution in [3.05, 3.63) is 74.9 Å². The van der Waals surface area contributed by atoms with Crippen LogP contribution in [-0.4, -0.2) is 40.0 Å². The van der Waals surface area contributed by atoms with E-state index in [1.807, 2.05) is 30.3 Å². The van der Waals surface area contributed by atoms with E-state index >= 15 is 0 Å². The molecular weight excluding hydrogens is 563 g/mol. The van der Waals surface area contributed by atoms with Crippen molar-refractivity contribution in [1.82, 2.24) is 0 Å². The van der Waals surface area contributed by atoms with Crippen molar-refractivity contribution in [1.29, 1.82) is 0 Å². The molecule has 3 aromatic carbocycles. The Morgan fingerprint density at radius 3 is 1.66 bits per heavy atom. The van der Waals surface area contributed by atoms with Crippen molar-refractivity contribution < 1.29 is 33.3 Å². The lowest BCUT2D eigenvalue weighted by atomic mass is 10.0. The number of ether oxygens (including phenoxy) is 5. The standard InChI is InChI=1S/C27H27IO7/c1-31-23-13-18(12-20(28)26(23)35-16-17-8-6-5-7-9-17)21(29)10-11-22(30)19-14-24(32-2)27(34-4)25(15-19)33-3/h5-9,12-15H,10-11,16H2,1-4H3. The molecule has 0 heterocycles. The Labute approximate surface area is 218 Å². The van der Waals surface area contributed by atoms with Gasteiger partial charge in [0.1, 0.15) is 6.61 Å². The van der Waals surface area contributed by atoms with Crippen LogP contribution in [0.3, 0.4) is 0 Å². The molecule has 0 fully saturated rings. The molecule has 0 N–H and O–H groups in total. The van der Waals surface area contributed by atoms with E-state index in [2.05, 4.69) is 22.6 Å². The van der Waals surface area contributed by atoms with Gasteiger partial charge in [-0.2, -0.15) is 0 Å². The van der Waals surface area contributed by atoms with Gasteiger partial charge >= 0.3 is 0 Å². The number of Topliss-reactive ketones (excluding diaryl/α,β-unsaturated/α-hetero) is 2. The van der Waals surface area contributed by atoms with Crippen LogP contribution in [0.5, 0.6) is 28.7 Å². The molecule has 35 heavy (non-hydrogen) atoms. The van der Waals surface area contributed by atoms with E-state index < -0.39 is 0 Å². The molecule has 8 heteroatoms. The highest BCUT2D eigenvalue weighted by molar-refractivity contribution is 14.1. The van der Waals surface area contributed by atoms with Crippen molar-refractivity contribution in [2.45, 2.75) is 19.4 Å². The van der Waals surface area contributed by atoms with Crippen LogP contribution in [0.25, 0.3) is 0 Å². The number of ketones is 2. The number of hydrogen-bond donors (Lipinski definition) is 0. The van der Waals surface area contributed by atoms with E-state index in [1.165, 1.54) is 28.4 Å². The first-order chi connectivity index (χ1) is 16.9. The molecule has 0 aliphatic heterocycles. The van der Waals surface area contributed by atoms with Crippen LogP contribution in [0, 0.1) is 3.57 Å². The van der Waals surface area contributed by atoms with Crippen molar-refractivity contribution >= 4 is 34.2 Å². The summed E-state index contributed by atoms with van der Waals surface area (Å²) < 4.78 is 28.1. The molecule has 0 spiro atoms. The molecule has 0 bridgehead atoms. The van der Waals surface area contributed by atoms with E-state index in [4.69, 9.17) is 23.7 Å². The third-order valence-corrected chi connectivity index (χ3v) is 6.14. The van der Waals surface area contributed by atoms with Gasteiger partial charge < -0.3 is 23.7 Å². The molecule has 7 nitrogen and oxygen atoms in total. The molecule has 3 aromatic rings. The van der Waals surface area contributed by atoms with Crippen LogP contribution in [0.2, 0.25) is 0 Å². The molecular formula is C27H27IO7. The fourth-order valence-corrected chi connectivity index (χ4v) is 4.27. The van der Waals surface area contributed by atoms with Crippen LogP contribution in [0.1, 0.15) is 39.1 Å². The summed E-state index contributed by atoms with van der Waals surface area (Å²) in [7, 11) is 5.99. The first-order valence-electron chi connectivity index (χ1n) is 10.8. The maximum atomic E-state index is 12.9. The van der Waals surface area contributed by atoms with E-state index in [0.717, 1.165) is 9.13 Å². The summed E-state index contributed by atoms with van der Waals surface area (Å²) in [4.78, 5) is 25.7. The van der Waals surface area contributed by atoms with Gasteiger partial charge in [-0.1, -0.05) is 30.3 Å². The highest BCUT2D eigenvalue weighted by Gasteiger charge is 2.20. The van der Waals surface area contributed by atoms with Crippen LogP contribution in [-0.2, 0) is 6.61 Å². The van der Waals surface area contributed by atoms with Gasteiger partial charge in [0, 0.05) is 24.0 Å². The summed E-state index contributed by atoms with van der Waals surface area (Å²) in [5.74, 6) is 1.82. The van der Waals surface area contributed by atoms with Crippen molar-refractivity contribution in [3.63, 3.8) is 0 Å². The van der Waals surface area contributed by atoms with Crippen LogP contribution < -0.4 is 23.7 Å². The molecule has 0 saturated carbocycles. The van der Waals surface area contributed by atoms with Crippen molar-refractivity contribution in [3.8, 4) is 28.7 Å². The first kappa shape index (κ1) is 26.3. The molecule has 0 saturated heterocycles. The quantitative estimate of drug-likeness (QED) is 0.196. The number of carbonyl (C=O) groups is 2. The Balaban J connectivity index is 1.72. The SMILES string of the molecule is COc1cc(C(=O)CCC(=O)c2cc(OC)c(OC)c(OC)c2)cc(I)c1OCc1ccccc1. The normalized spacial score (nSPS) is 10.4. The monoisotopic (exact) mass is 590 g/mol. The first-order valence-corrected chi connectivity index (χ1v) is 11.9. The zero-order valence-corrected chi connectivity index (χ0v) is 22.2. The summed E-state index contributed by atoms with van der Waals surface area (Å²) in [5, 5.41) is 0. The number of methoxy groups -OCH3 is 4. The molecule has 0 aliphatic carbocycles. The minimum Gasteiger partial charge on any atom is -0.493 e. The number of carbonyl (C=O) groups excluding carboxylic acids is 2. The Hall–Kier alpha value is -3.27. The van der Waals surface area contributed by atoms with Crippen molar-refractivity contribution in [2.75, 3.05) is 28.4 Å². The average molecular weight is 590 g/mol. The molecule has 0 atom stereocenters. The summed E-state index contributed by atoms with van der Waals surface area (Å²) in [6.45, 7) is 0.379. The molecule has 0 aliphatic rings. The van der Waals surface area contributed by atoms with Gasteiger partial charge in [0.15, 0.2) is 34.6 Å². The lowest BCUT2D eigenvalue weighted by Crippen LogP contribution is -2.08. The predicted molar refractivity (Wildman–Crippen MR) is 140 cm³/mol. The van der Waals surface area contributed by atoms with Gasteiger partial charge in [-0.15, -0.1) is 0 Å². The zero-order chi connectivity index (χ0) is 25.4. The number of benzene rings is 3. The summed E-state index contributed by atoms with van der Waals surface area (Å²) in [5.41, 5.74) is 1.86. The second-order valence-corrected chi connectivity index (χ2v) is 8.69. The molecule has 0 radical (unpaired) electrons. The van der Waals surface area contributed by atoms with Gasteiger partial charge in [0.05, 0.1) is 32.0 Å². The van der Waals surface area contributed by atoms with Crippen molar-refractivity contribution in [2.24, 2.45) is 0 Å². The smallest absolute Gasteiger partial charge is 0.203 e. The molecule has 0 unspecified atom stereocenters. The van der Waals surface area contributed by atoms with Crippen LogP contribution >= 0.6 is 22.6 Å². The Kier molecular flexibility index (Phi) is 9.36. The topological polar surface area (TPSA) is 80.3 Å². The van der Waals surface area contributed by atoms with E-state index in [1.54, 1.807) is 24.3 Å². The third kappa shape index (κ3) is 6.45. The second-order valence-electron chi connectivity index (χ2n) is 7.52. The van der Waals surface area contributed by atoms with Gasteiger partial charge in [-0.3, -0.25) is 9.59 Å².